The predicted octanol–water partition coefficient (Wildman–Crippen LogP) is 2.88. The monoisotopic (exact) mass is 490 g/mol. The Kier molecular flexibility index (Phi) is 10.7. The standard InChI is InChI=1S/C29H58N6/c1-31-16-7-24(8-17-31)29(25-9-18-32(2)19-10-25)28(6-5-15-30)35(26-11-20-33(3)21-12-26)27-13-22-34(4)23-14-27/h24-29H,5-23,30H2,1-4H3. The molecule has 4 aliphatic rings. The van der Waals surface area contributed by atoms with E-state index in [4.69, 9.17) is 5.73 Å². The molecule has 4 rings (SSSR count). The molecule has 0 saturated carbocycles. The quantitative estimate of drug-likeness (QED) is 0.536. The van der Waals surface area contributed by atoms with Crippen molar-refractivity contribution in [3.8, 4) is 0 Å². The van der Waals surface area contributed by atoms with Crippen LogP contribution in [-0.2, 0) is 0 Å². The van der Waals surface area contributed by atoms with Crippen LogP contribution >= 0.6 is 0 Å². The Labute approximate surface area is 217 Å². The molecule has 0 spiro atoms. The molecule has 4 heterocycles. The summed E-state index contributed by atoms with van der Waals surface area (Å²) >= 11 is 0. The second-order valence-electron chi connectivity index (χ2n) is 12.9. The van der Waals surface area contributed by atoms with E-state index in [0.717, 1.165) is 42.4 Å². The number of hydrogen-bond donors (Lipinski definition) is 1. The zero-order chi connectivity index (χ0) is 24.8. The maximum Gasteiger partial charge on any atom is 0.0135 e. The fourth-order valence-corrected chi connectivity index (χ4v) is 8.13. The van der Waals surface area contributed by atoms with Gasteiger partial charge in [-0.3, -0.25) is 4.90 Å². The topological polar surface area (TPSA) is 42.2 Å². The van der Waals surface area contributed by atoms with Crippen LogP contribution in [0.15, 0.2) is 0 Å². The van der Waals surface area contributed by atoms with Crippen molar-refractivity contribution in [1.29, 1.82) is 0 Å². The van der Waals surface area contributed by atoms with Crippen molar-refractivity contribution in [3.05, 3.63) is 0 Å². The highest BCUT2D eigenvalue weighted by molar-refractivity contribution is 4.98. The van der Waals surface area contributed by atoms with Crippen LogP contribution in [0.4, 0.5) is 0 Å². The van der Waals surface area contributed by atoms with Gasteiger partial charge in [-0.05, 0) is 169 Å². The van der Waals surface area contributed by atoms with Crippen LogP contribution in [0.3, 0.4) is 0 Å². The van der Waals surface area contributed by atoms with Gasteiger partial charge >= 0.3 is 0 Å². The van der Waals surface area contributed by atoms with Crippen LogP contribution in [0, 0.1) is 17.8 Å². The molecule has 0 bridgehead atoms. The van der Waals surface area contributed by atoms with Crippen molar-refractivity contribution >= 4 is 0 Å². The van der Waals surface area contributed by atoms with Gasteiger partial charge in [-0.2, -0.15) is 0 Å². The second kappa shape index (κ2) is 13.5. The highest BCUT2D eigenvalue weighted by Crippen LogP contribution is 2.43. The Morgan fingerprint density at radius 3 is 1.29 bits per heavy atom. The van der Waals surface area contributed by atoms with E-state index < -0.39 is 0 Å². The Bertz CT molecular complexity index is 492. The summed E-state index contributed by atoms with van der Waals surface area (Å²) in [4.78, 5) is 13.5. The zero-order valence-corrected chi connectivity index (χ0v) is 23.7. The lowest BCUT2D eigenvalue weighted by Crippen LogP contribution is -2.59. The largest absolute Gasteiger partial charge is 0.330 e. The molecule has 0 aromatic rings. The maximum atomic E-state index is 6.22. The highest BCUT2D eigenvalue weighted by atomic mass is 15.3. The van der Waals surface area contributed by atoms with E-state index in [1.54, 1.807) is 0 Å². The molecule has 0 radical (unpaired) electrons. The Morgan fingerprint density at radius 2 is 0.943 bits per heavy atom. The molecule has 4 saturated heterocycles. The number of nitrogens with zero attached hydrogens (tertiary/aromatic N) is 5. The average Bonchev–Trinajstić information content (AvgIpc) is 2.87. The molecule has 6 nitrogen and oxygen atoms in total. The molecule has 204 valence electrons. The van der Waals surface area contributed by atoms with E-state index in [-0.39, 0.29) is 0 Å². The van der Waals surface area contributed by atoms with E-state index >= 15 is 0 Å². The number of rotatable bonds is 9. The van der Waals surface area contributed by atoms with Gasteiger partial charge in [-0.25, -0.2) is 0 Å². The zero-order valence-electron chi connectivity index (χ0n) is 23.7. The normalized spacial score (nSPS) is 27.9. The van der Waals surface area contributed by atoms with E-state index in [1.165, 1.54) is 117 Å². The lowest BCUT2D eigenvalue weighted by atomic mass is 9.67. The van der Waals surface area contributed by atoms with Crippen LogP contribution < -0.4 is 5.73 Å². The molecule has 35 heavy (non-hydrogen) atoms. The Morgan fingerprint density at radius 1 is 0.600 bits per heavy atom. The molecule has 1 atom stereocenters. The van der Waals surface area contributed by atoms with Crippen LogP contribution in [0.2, 0.25) is 0 Å². The van der Waals surface area contributed by atoms with Gasteiger partial charge in [0, 0.05) is 18.1 Å². The van der Waals surface area contributed by atoms with Gasteiger partial charge in [-0.1, -0.05) is 0 Å². The third-order valence-electron chi connectivity index (χ3n) is 10.4. The van der Waals surface area contributed by atoms with Crippen molar-refractivity contribution in [1.82, 2.24) is 24.5 Å². The van der Waals surface area contributed by atoms with Gasteiger partial charge in [0.25, 0.3) is 0 Å². The molecule has 0 amide bonds. The first kappa shape index (κ1) is 27.8. The van der Waals surface area contributed by atoms with Gasteiger partial charge in [0.05, 0.1) is 0 Å². The molecule has 2 N–H and O–H groups in total. The molecule has 6 heteroatoms. The van der Waals surface area contributed by atoms with E-state index in [0.29, 0.717) is 0 Å². The van der Waals surface area contributed by atoms with Gasteiger partial charge in [-0.15, -0.1) is 0 Å². The van der Waals surface area contributed by atoms with Gasteiger partial charge < -0.3 is 25.3 Å². The summed E-state index contributed by atoms with van der Waals surface area (Å²) in [6.45, 7) is 11.1. The minimum atomic E-state index is 0.724. The predicted molar refractivity (Wildman–Crippen MR) is 149 cm³/mol. The van der Waals surface area contributed by atoms with Gasteiger partial charge in [0.15, 0.2) is 0 Å². The number of likely N-dealkylation sites (tertiary alicyclic amines) is 4. The van der Waals surface area contributed by atoms with Crippen molar-refractivity contribution < 1.29 is 0 Å². The average molecular weight is 491 g/mol. The van der Waals surface area contributed by atoms with Crippen molar-refractivity contribution in [2.45, 2.75) is 82.3 Å². The summed E-state index contributed by atoms with van der Waals surface area (Å²) in [6, 6.07) is 2.26. The van der Waals surface area contributed by atoms with E-state index in [9.17, 15) is 0 Å². The molecule has 0 aliphatic carbocycles. The van der Waals surface area contributed by atoms with E-state index in [1.807, 2.05) is 0 Å². The Balaban J connectivity index is 1.65. The molecule has 0 aromatic carbocycles. The van der Waals surface area contributed by atoms with Crippen LogP contribution in [0.1, 0.15) is 64.2 Å². The first-order valence-electron chi connectivity index (χ1n) is 15.2. The van der Waals surface area contributed by atoms with Gasteiger partial charge in [0.2, 0.25) is 0 Å². The second-order valence-corrected chi connectivity index (χ2v) is 12.9. The molecular formula is C29H58N6. The summed E-state index contributed by atoms with van der Waals surface area (Å²) in [7, 11) is 9.30. The molecule has 4 fully saturated rings. The van der Waals surface area contributed by atoms with Crippen molar-refractivity contribution in [2.24, 2.45) is 23.5 Å². The van der Waals surface area contributed by atoms with Crippen LogP contribution in [-0.4, -0.2) is 130 Å². The summed E-state index contributed by atoms with van der Waals surface area (Å²) < 4.78 is 0. The van der Waals surface area contributed by atoms with Crippen molar-refractivity contribution in [2.75, 3.05) is 87.1 Å². The number of nitrogens with two attached hydrogens (primary N) is 1. The maximum absolute atomic E-state index is 6.22. The molecule has 0 aromatic heterocycles. The SMILES string of the molecule is CN1CCC(C(C2CCN(C)CC2)C(CCCN)N(C2CCN(C)CC2)C2CCN(C)CC2)CC1. The Hall–Kier alpha value is -0.240. The minimum Gasteiger partial charge on any atom is -0.330 e. The third-order valence-corrected chi connectivity index (χ3v) is 10.4. The lowest BCUT2D eigenvalue weighted by Gasteiger charge is -2.54. The van der Waals surface area contributed by atoms with Crippen LogP contribution in [0.5, 0.6) is 0 Å². The molecular weight excluding hydrogens is 432 g/mol. The lowest BCUT2D eigenvalue weighted by molar-refractivity contribution is -0.0491. The minimum absolute atomic E-state index is 0.724. The fourth-order valence-electron chi connectivity index (χ4n) is 8.13. The first-order chi connectivity index (χ1) is 17.0. The first-order valence-corrected chi connectivity index (χ1v) is 15.2. The number of hydrogen-bond acceptors (Lipinski definition) is 6. The number of piperidine rings is 4. The third kappa shape index (κ3) is 7.42. The van der Waals surface area contributed by atoms with E-state index in [2.05, 4.69) is 52.7 Å². The summed E-state index contributed by atoms with van der Waals surface area (Å²) in [5.74, 6) is 2.63. The van der Waals surface area contributed by atoms with Crippen molar-refractivity contribution in [3.63, 3.8) is 0 Å². The van der Waals surface area contributed by atoms with Gasteiger partial charge in [0.1, 0.15) is 0 Å². The highest BCUT2D eigenvalue weighted by Gasteiger charge is 2.44. The molecule has 1 unspecified atom stereocenters. The van der Waals surface area contributed by atoms with Crippen LogP contribution in [0.25, 0.3) is 0 Å². The summed E-state index contributed by atoms with van der Waals surface area (Å²) in [5.41, 5.74) is 6.22. The fraction of sp³-hybridized carbons (Fsp3) is 1.00. The summed E-state index contributed by atoms with van der Waals surface area (Å²) in [5, 5.41) is 0. The molecule has 4 aliphatic heterocycles. The smallest absolute Gasteiger partial charge is 0.0135 e. The summed E-state index contributed by atoms with van der Waals surface area (Å²) in [6.07, 6.45) is 13.6.